The van der Waals surface area contributed by atoms with Crippen LogP contribution in [0, 0.1) is 0 Å². The maximum Gasteiger partial charge on any atom is 0.344 e. The van der Waals surface area contributed by atoms with Gasteiger partial charge in [-0.2, -0.15) is 5.21 Å². The molecule has 7 rings (SSSR count). The molecule has 3 heterocycles. The number of tetrazole rings is 1. The zero-order chi connectivity index (χ0) is 29.2. The first-order chi connectivity index (χ1) is 21.2. The van der Waals surface area contributed by atoms with Crippen molar-refractivity contribution in [3.8, 4) is 28.4 Å². The third kappa shape index (κ3) is 5.21. The van der Waals surface area contributed by atoms with Crippen LogP contribution in [-0.2, 0) is 6.54 Å². The van der Waals surface area contributed by atoms with Crippen LogP contribution in [0.25, 0.3) is 33.5 Å². The van der Waals surface area contributed by atoms with Gasteiger partial charge in [-0.3, -0.25) is 4.79 Å². The minimum Gasteiger partial charge on any atom is -0.400 e. The maximum absolute atomic E-state index is 13.2. The zero-order valence-electron chi connectivity index (χ0n) is 23.2. The quantitative estimate of drug-likeness (QED) is 0.246. The normalized spacial score (nSPS) is 13.8. The molecule has 11 nitrogen and oxygen atoms in total. The Morgan fingerprint density at radius 1 is 0.884 bits per heavy atom. The van der Waals surface area contributed by atoms with Gasteiger partial charge in [0.05, 0.1) is 5.56 Å². The highest BCUT2D eigenvalue weighted by Crippen LogP contribution is 2.35. The average molecular weight is 573 g/mol. The summed E-state index contributed by atoms with van der Waals surface area (Å²) in [5.74, 6) is 0.967. The number of nitrogens with one attached hydrogen (secondary N) is 2. The standard InChI is InChI=1S/C32H28N8O3/c41-30-27-26(31(37-36-30)43-32(42)23-11-5-2-6-12-23)33-29(22-9-3-1-4-10-22)40(27)19-20-15-17-21(18-16-20)24-13-7-8-14-25(24)28-34-38-39-35-28/h2,5-8,11-18,22H,1,3-4,9-10,19H2,(H,36,41)(H,34,35,38,39). The second-order valence-electron chi connectivity index (χ2n) is 10.7. The van der Waals surface area contributed by atoms with Gasteiger partial charge in [-0.1, -0.05) is 86.0 Å². The van der Waals surface area contributed by atoms with Crippen LogP contribution in [0.1, 0.15) is 59.8 Å². The van der Waals surface area contributed by atoms with Crippen molar-refractivity contribution in [3.63, 3.8) is 0 Å². The van der Waals surface area contributed by atoms with E-state index in [4.69, 9.17) is 9.72 Å². The molecule has 0 bridgehead atoms. The Hall–Kier alpha value is -5.45. The average Bonchev–Trinajstić information content (AvgIpc) is 3.73. The number of ether oxygens (including phenoxy) is 1. The third-order valence-corrected chi connectivity index (χ3v) is 7.96. The van der Waals surface area contributed by atoms with E-state index in [1.165, 1.54) is 6.42 Å². The fourth-order valence-corrected chi connectivity index (χ4v) is 5.86. The highest BCUT2D eigenvalue weighted by atomic mass is 16.5. The Morgan fingerprint density at radius 3 is 2.37 bits per heavy atom. The summed E-state index contributed by atoms with van der Waals surface area (Å²) in [6.07, 6.45) is 5.37. The van der Waals surface area contributed by atoms with Crippen LogP contribution in [0.15, 0.2) is 83.7 Å². The molecule has 0 saturated heterocycles. The number of rotatable bonds is 7. The highest BCUT2D eigenvalue weighted by molar-refractivity contribution is 5.93. The van der Waals surface area contributed by atoms with Crippen LogP contribution in [0.3, 0.4) is 0 Å². The molecular formula is C32H28N8O3. The predicted octanol–water partition coefficient (Wildman–Crippen LogP) is 5.28. The minimum absolute atomic E-state index is 0.00677. The van der Waals surface area contributed by atoms with Gasteiger partial charge < -0.3 is 9.30 Å². The van der Waals surface area contributed by atoms with E-state index in [1.807, 2.05) is 59.2 Å². The molecule has 1 aliphatic rings. The molecule has 43 heavy (non-hydrogen) atoms. The molecule has 3 aromatic carbocycles. The number of esters is 1. The summed E-state index contributed by atoms with van der Waals surface area (Å²) in [5.41, 5.74) is 4.50. The van der Waals surface area contributed by atoms with E-state index in [1.54, 1.807) is 24.3 Å². The molecule has 0 amide bonds. The maximum atomic E-state index is 13.2. The Labute approximate surface area is 246 Å². The molecule has 0 atom stereocenters. The number of aromatic amines is 2. The van der Waals surface area contributed by atoms with Crippen LogP contribution in [-0.4, -0.2) is 46.3 Å². The van der Waals surface area contributed by atoms with E-state index in [2.05, 4.69) is 30.8 Å². The first-order valence-corrected chi connectivity index (χ1v) is 14.3. The number of hydrogen-bond donors (Lipinski definition) is 2. The predicted molar refractivity (Wildman–Crippen MR) is 160 cm³/mol. The first kappa shape index (κ1) is 26.4. The smallest absolute Gasteiger partial charge is 0.344 e. The number of hydrogen-bond acceptors (Lipinski definition) is 8. The molecule has 6 aromatic rings. The summed E-state index contributed by atoms with van der Waals surface area (Å²) < 4.78 is 7.63. The Bertz CT molecular complexity index is 1940. The number of carbonyl (C=O) groups is 1. The van der Waals surface area contributed by atoms with E-state index in [0.29, 0.717) is 29.0 Å². The van der Waals surface area contributed by atoms with Crippen molar-refractivity contribution in [2.75, 3.05) is 0 Å². The second kappa shape index (κ2) is 11.4. The Balaban J connectivity index is 1.26. The van der Waals surface area contributed by atoms with Crippen LogP contribution in [0.2, 0.25) is 0 Å². The van der Waals surface area contributed by atoms with E-state index >= 15 is 0 Å². The molecule has 1 fully saturated rings. The summed E-state index contributed by atoms with van der Waals surface area (Å²) in [6.45, 7) is 0.425. The lowest BCUT2D eigenvalue weighted by molar-refractivity contribution is 0.0728. The summed E-state index contributed by atoms with van der Waals surface area (Å²) >= 11 is 0. The van der Waals surface area contributed by atoms with Gasteiger partial charge >= 0.3 is 5.97 Å². The number of fused-ring (bicyclic) bond motifs is 1. The van der Waals surface area contributed by atoms with Crippen molar-refractivity contribution < 1.29 is 9.53 Å². The van der Waals surface area contributed by atoms with Crippen molar-refractivity contribution in [1.82, 2.24) is 40.4 Å². The lowest BCUT2D eigenvalue weighted by Crippen LogP contribution is -2.18. The summed E-state index contributed by atoms with van der Waals surface area (Å²) in [4.78, 5) is 31.0. The largest absolute Gasteiger partial charge is 0.400 e. The van der Waals surface area contributed by atoms with Gasteiger partial charge in [-0.15, -0.1) is 15.3 Å². The van der Waals surface area contributed by atoms with E-state index in [9.17, 15) is 9.59 Å². The van der Waals surface area contributed by atoms with Crippen LogP contribution >= 0.6 is 0 Å². The van der Waals surface area contributed by atoms with Gasteiger partial charge in [0, 0.05) is 18.0 Å². The molecule has 0 spiro atoms. The lowest BCUT2D eigenvalue weighted by atomic mass is 9.88. The first-order valence-electron chi connectivity index (χ1n) is 14.3. The number of H-pyrrole nitrogens is 2. The van der Waals surface area contributed by atoms with Gasteiger partial charge in [0.1, 0.15) is 11.3 Å². The number of nitrogens with zero attached hydrogens (tertiary/aromatic N) is 6. The van der Waals surface area contributed by atoms with Gasteiger partial charge in [-0.25, -0.2) is 14.9 Å². The van der Waals surface area contributed by atoms with Crippen molar-refractivity contribution >= 4 is 17.0 Å². The summed E-state index contributed by atoms with van der Waals surface area (Å²) in [6, 6.07) is 24.8. The van der Waals surface area contributed by atoms with E-state index in [-0.39, 0.29) is 17.4 Å². The number of carbonyl (C=O) groups excluding carboxylic acids is 1. The summed E-state index contributed by atoms with van der Waals surface area (Å²) in [5, 5.41) is 21.1. The van der Waals surface area contributed by atoms with Crippen LogP contribution < -0.4 is 10.3 Å². The SMILES string of the molecule is O=C(Oc1n[nH]c(=O)c2c1nc(C1CCCCC1)n2Cc1ccc(-c2ccccc2-c2nn[nH]n2)cc1)c1ccccc1. The minimum atomic E-state index is -0.563. The zero-order valence-corrected chi connectivity index (χ0v) is 23.2. The molecule has 3 aromatic heterocycles. The number of imidazole rings is 1. The summed E-state index contributed by atoms with van der Waals surface area (Å²) in [7, 11) is 0. The highest BCUT2D eigenvalue weighted by Gasteiger charge is 2.27. The van der Waals surface area contributed by atoms with Gasteiger partial charge in [0.2, 0.25) is 5.82 Å². The van der Waals surface area contributed by atoms with Crippen LogP contribution in [0.5, 0.6) is 5.88 Å². The Kier molecular flexibility index (Phi) is 7.04. The van der Waals surface area contributed by atoms with Crippen molar-refractivity contribution in [3.05, 3.63) is 106 Å². The molecule has 1 aliphatic carbocycles. The molecule has 0 aliphatic heterocycles. The Morgan fingerprint density at radius 2 is 1.63 bits per heavy atom. The van der Waals surface area contributed by atoms with Crippen molar-refractivity contribution in [1.29, 1.82) is 0 Å². The number of aromatic nitrogens is 8. The second-order valence-corrected chi connectivity index (χ2v) is 10.7. The van der Waals surface area contributed by atoms with Crippen molar-refractivity contribution in [2.45, 2.75) is 44.6 Å². The van der Waals surface area contributed by atoms with E-state index < -0.39 is 5.97 Å². The van der Waals surface area contributed by atoms with Crippen LogP contribution in [0.4, 0.5) is 0 Å². The lowest BCUT2D eigenvalue weighted by Gasteiger charge is -2.22. The molecule has 214 valence electrons. The van der Waals surface area contributed by atoms with Gasteiger partial charge in [-0.05, 0) is 46.9 Å². The number of benzene rings is 3. The van der Waals surface area contributed by atoms with Gasteiger partial charge in [0.15, 0.2) is 5.52 Å². The van der Waals surface area contributed by atoms with Gasteiger partial charge in [0.25, 0.3) is 11.4 Å². The molecule has 1 saturated carbocycles. The third-order valence-electron chi connectivity index (χ3n) is 7.96. The fourth-order valence-electron chi connectivity index (χ4n) is 5.86. The van der Waals surface area contributed by atoms with Crippen molar-refractivity contribution in [2.24, 2.45) is 0 Å². The molecule has 2 N–H and O–H groups in total. The molecule has 0 unspecified atom stereocenters. The molecule has 11 heteroatoms. The molecular weight excluding hydrogens is 544 g/mol. The van der Waals surface area contributed by atoms with E-state index in [0.717, 1.165) is 53.8 Å². The topological polar surface area (TPSA) is 144 Å². The monoisotopic (exact) mass is 572 g/mol. The fraction of sp³-hybridized carbons (Fsp3) is 0.219. The molecule has 0 radical (unpaired) electrons.